The molecule has 0 atom stereocenters. The Labute approximate surface area is 270 Å². The van der Waals surface area contributed by atoms with Gasteiger partial charge in [-0.3, -0.25) is 9.59 Å². The molecule has 0 aliphatic heterocycles. The van der Waals surface area contributed by atoms with E-state index in [2.05, 4.69) is 43.2 Å². The Morgan fingerprint density at radius 2 is 1.36 bits per heavy atom. The van der Waals surface area contributed by atoms with Gasteiger partial charge in [0.05, 0.1) is 6.54 Å². The molecule has 12 nitrogen and oxygen atoms in total. The van der Waals surface area contributed by atoms with Crippen LogP contribution in [0, 0.1) is 0 Å². The number of anilines is 2. The van der Waals surface area contributed by atoms with Crippen molar-refractivity contribution in [2.75, 3.05) is 31.3 Å². The fourth-order valence-electron chi connectivity index (χ4n) is 5.28. The zero-order valence-electron chi connectivity index (χ0n) is 25.7. The summed E-state index contributed by atoms with van der Waals surface area (Å²) in [7, 11) is 3.37. The van der Waals surface area contributed by atoms with Gasteiger partial charge in [-0.25, -0.2) is 4.79 Å². The fourth-order valence-corrected chi connectivity index (χ4v) is 5.28. The summed E-state index contributed by atoms with van der Waals surface area (Å²) in [5.74, 6) is -0.354. The third kappa shape index (κ3) is 7.22. The summed E-state index contributed by atoms with van der Waals surface area (Å²) >= 11 is 0. The molecule has 0 radical (unpaired) electrons. The molecular weight excluding hydrogens is 598 g/mol. The van der Waals surface area contributed by atoms with Gasteiger partial charge < -0.3 is 25.0 Å². The second-order valence-corrected chi connectivity index (χ2v) is 10.9. The number of esters is 1. The van der Waals surface area contributed by atoms with Crippen molar-refractivity contribution >= 4 is 29.3 Å². The van der Waals surface area contributed by atoms with Crippen molar-refractivity contribution in [1.29, 1.82) is 0 Å². The summed E-state index contributed by atoms with van der Waals surface area (Å²) < 4.78 is 10.9. The molecule has 1 heterocycles. The molecule has 12 heteroatoms. The maximum Gasteiger partial charge on any atom is 0.415 e. The number of carbonyl (C=O) groups is 3. The summed E-state index contributed by atoms with van der Waals surface area (Å²) in [6, 6.07) is 29.8. The predicted molar refractivity (Wildman–Crippen MR) is 174 cm³/mol. The van der Waals surface area contributed by atoms with Gasteiger partial charge in [0.1, 0.15) is 18.8 Å². The number of hydrogen-bond acceptors (Lipinski definition) is 10. The van der Waals surface area contributed by atoms with Crippen molar-refractivity contribution < 1.29 is 23.9 Å². The number of amides is 2. The van der Waals surface area contributed by atoms with Gasteiger partial charge in [0.15, 0.2) is 5.82 Å². The van der Waals surface area contributed by atoms with Crippen LogP contribution in [0.25, 0.3) is 22.5 Å². The highest BCUT2D eigenvalue weighted by atomic mass is 16.6. The Morgan fingerprint density at radius 1 is 0.766 bits per heavy atom. The average molecular weight is 630 g/mol. The SMILES string of the molecule is CNc1ccc(-c2nnc(CN(C)C(=O)Oc3ccc(NC(=O)CC(=O)OCC4c5ccccc5-c5ccccc54)cc3)nn2)cc1. The van der Waals surface area contributed by atoms with Gasteiger partial charge in [-0.15, -0.1) is 20.4 Å². The van der Waals surface area contributed by atoms with Gasteiger partial charge in [-0.2, -0.15) is 0 Å². The third-order valence-electron chi connectivity index (χ3n) is 7.66. The highest BCUT2D eigenvalue weighted by molar-refractivity contribution is 6.02. The normalized spacial score (nSPS) is 11.6. The molecule has 236 valence electrons. The Hall–Kier alpha value is -6.17. The monoisotopic (exact) mass is 629 g/mol. The van der Waals surface area contributed by atoms with Gasteiger partial charge in [0.2, 0.25) is 11.7 Å². The lowest BCUT2D eigenvalue weighted by atomic mass is 9.98. The minimum atomic E-state index is -0.646. The third-order valence-corrected chi connectivity index (χ3v) is 7.66. The van der Waals surface area contributed by atoms with E-state index < -0.39 is 24.4 Å². The number of fused-ring (bicyclic) bond motifs is 3. The van der Waals surface area contributed by atoms with Crippen LogP contribution in [0.5, 0.6) is 5.75 Å². The Balaban J connectivity index is 0.954. The summed E-state index contributed by atoms with van der Waals surface area (Å²) in [4.78, 5) is 39.0. The van der Waals surface area contributed by atoms with E-state index in [1.807, 2.05) is 67.7 Å². The van der Waals surface area contributed by atoms with E-state index >= 15 is 0 Å². The zero-order valence-corrected chi connectivity index (χ0v) is 25.7. The lowest BCUT2D eigenvalue weighted by molar-refractivity contribution is -0.145. The Bertz CT molecular complexity index is 1850. The van der Waals surface area contributed by atoms with Crippen molar-refractivity contribution in [3.63, 3.8) is 0 Å². The Kier molecular flexibility index (Phi) is 9.09. The van der Waals surface area contributed by atoms with Crippen LogP contribution >= 0.6 is 0 Å². The molecule has 0 saturated carbocycles. The molecule has 2 N–H and O–H groups in total. The minimum Gasteiger partial charge on any atom is -0.464 e. The number of aromatic nitrogens is 4. The van der Waals surface area contributed by atoms with Crippen LogP contribution in [0.4, 0.5) is 16.2 Å². The lowest BCUT2D eigenvalue weighted by Crippen LogP contribution is -2.30. The van der Waals surface area contributed by atoms with Gasteiger partial charge in [-0.1, -0.05) is 48.5 Å². The van der Waals surface area contributed by atoms with E-state index in [-0.39, 0.29) is 30.6 Å². The van der Waals surface area contributed by atoms with Crippen molar-refractivity contribution in [1.82, 2.24) is 25.3 Å². The van der Waals surface area contributed by atoms with Crippen LogP contribution in [0.3, 0.4) is 0 Å². The number of carbonyl (C=O) groups excluding carboxylic acids is 3. The van der Waals surface area contributed by atoms with Crippen LogP contribution < -0.4 is 15.4 Å². The molecule has 4 aromatic carbocycles. The maximum absolute atomic E-state index is 12.6. The molecule has 0 unspecified atom stereocenters. The first-order valence-corrected chi connectivity index (χ1v) is 14.9. The molecule has 0 spiro atoms. The molecule has 5 aromatic rings. The van der Waals surface area contributed by atoms with Crippen LogP contribution in [-0.4, -0.2) is 64.0 Å². The van der Waals surface area contributed by atoms with Crippen LogP contribution in [0.2, 0.25) is 0 Å². The maximum atomic E-state index is 12.6. The van der Waals surface area contributed by atoms with Crippen molar-refractivity contribution in [2.45, 2.75) is 18.9 Å². The number of ether oxygens (including phenoxy) is 2. The molecule has 47 heavy (non-hydrogen) atoms. The van der Waals surface area contributed by atoms with Crippen LogP contribution in [-0.2, 0) is 20.9 Å². The number of nitrogens with one attached hydrogen (secondary N) is 2. The molecule has 6 rings (SSSR count). The van der Waals surface area contributed by atoms with Crippen LogP contribution in [0.15, 0.2) is 97.1 Å². The quantitative estimate of drug-likeness (QED) is 0.154. The molecule has 2 amide bonds. The summed E-state index contributed by atoms with van der Waals surface area (Å²) in [5, 5.41) is 22.1. The second-order valence-electron chi connectivity index (χ2n) is 10.9. The predicted octanol–water partition coefficient (Wildman–Crippen LogP) is 5.29. The number of nitrogens with zero attached hydrogens (tertiary/aromatic N) is 5. The van der Waals surface area contributed by atoms with Gasteiger partial charge >= 0.3 is 12.1 Å². The van der Waals surface area contributed by atoms with Crippen molar-refractivity contribution in [3.05, 3.63) is 114 Å². The molecule has 0 bridgehead atoms. The van der Waals surface area contributed by atoms with Gasteiger partial charge in [-0.05, 0) is 70.8 Å². The second kappa shape index (κ2) is 13.9. The Morgan fingerprint density at radius 3 is 1.98 bits per heavy atom. The molecule has 1 aromatic heterocycles. The molecule has 1 aliphatic carbocycles. The first-order valence-electron chi connectivity index (χ1n) is 14.9. The topological polar surface area (TPSA) is 149 Å². The van der Waals surface area contributed by atoms with E-state index in [0.29, 0.717) is 11.5 Å². The fraction of sp³-hybridized carbons (Fsp3) is 0.171. The first kappa shape index (κ1) is 30.8. The summed E-state index contributed by atoms with van der Waals surface area (Å²) in [5.41, 5.74) is 6.61. The molecule has 0 saturated heterocycles. The van der Waals surface area contributed by atoms with Crippen LogP contribution in [0.1, 0.15) is 29.3 Å². The van der Waals surface area contributed by atoms with Crippen molar-refractivity contribution in [2.24, 2.45) is 0 Å². The summed E-state index contributed by atoms with van der Waals surface area (Å²) in [6.07, 6.45) is -1.08. The lowest BCUT2D eigenvalue weighted by Gasteiger charge is -2.15. The minimum absolute atomic E-state index is 0.0296. The summed E-state index contributed by atoms with van der Waals surface area (Å²) in [6.45, 7) is 0.173. The first-order chi connectivity index (χ1) is 22.9. The van der Waals surface area contributed by atoms with E-state index in [4.69, 9.17) is 9.47 Å². The average Bonchev–Trinajstić information content (AvgIpc) is 3.42. The number of benzene rings is 4. The standard InChI is InChI=1S/C35H31N7O5/c1-36-23-13-11-22(12-14-23)34-40-38-31(39-41-34)20-42(2)35(45)47-25-17-15-24(16-18-25)37-32(43)19-33(44)46-21-30-28-9-5-3-7-26(28)27-8-4-6-10-29(27)30/h3-18,30,36H,19-21H2,1-2H3,(H,37,43). The molecule has 0 fully saturated rings. The molecule has 1 aliphatic rings. The van der Waals surface area contributed by atoms with E-state index in [1.165, 1.54) is 24.1 Å². The number of hydrogen-bond donors (Lipinski definition) is 2. The van der Waals surface area contributed by atoms with Gasteiger partial charge in [0.25, 0.3) is 0 Å². The smallest absolute Gasteiger partial charge is 0.415 e. The van der Waals surface area contributed by atoms with E-state index in [0.717, 1.165) is 33.5 Å². The largest absolute Gasteiger partial charge is 0.464 e. The highest BCUT2D eigenvalue weighted by Crippen LogP contribution is 2.44. The number of rotatable bonds is 10. The molecular formula is C35H31N7O5. The zero-order chi connectivity index (χ0) is 32.8. The van der Waals surface area contributed by atoms with E-state index in [1.54, 1.807) is 12.1 Å². The van der Waals surface area contributed by atoms with Gasteiger partial charge in [0, 0.05) is 37.0 Å². The van der Waals surface area contributed by atoms with Crippen molar-refractivity contribution in [3.8, 4) is 28.3 Å². The highest BCUT2D eigenvalue weighted by Gasteiger charge is 2.29. The van der Waals surface area contributed by atoms with E-state index in [9.17, 15) is 14.4 Å².